The third kappa shape index (κ3) is 1.59. The number of aldehydes is 1. The summed E-state index contributed by atoms with van der Waals surface area (Å²) >= 11 is 0. The molecule has 1 atom stereocenters. The zero-order valence-corrected chi connectivity index (χ0v) is 7.04. The number of benzene rings is 1. The van der Waals surface area contributed by atoms with E-state index in [2.05, 4.69) is 4.52 Å². The van der Waals surface area contributed by atoms with Gasteiger partial charge in [-0.15, -0.1) is 0 Å². The van der Waals surface area contributed by atoms with Crippen molar-refractivity contribution in [2.24, 2.45) is 0 Å². The topological polar surface area (TPSA) is 26.3 Å². The van der Waals surface area contributed by atoms with Crippen LogP contribution in [0.4, 0.5) is 8.78 Å². The first-order chi connectivity index (χ1) is 5.69. The molecule has 0 saturated carbocycles. The summed E-state index contributed by atoms with van der Waals surface area (Å²) in [5.74, 6) is -1.84. The molecule has 0 aliphatic rings. The van der Waals surface area contributed by atoms with Crippen molar-refractivity contribution in [3.8, 4) is 5.75 Å². The van der Waals surface area contributed by atoms with Crippen molar-refractivity contribution in [3.05, 3.63) is 29.3 Å². The zero-order valence-electron chi connectivity index (χ0n) is 5.88. The second-order valence-electron chi connectivity index (χ2n) is 2.04. The van der Waals surface area contributed by atoms with Gasteiger partial charge in [-0.3, -0.25) is 4.79 Å². The van der Waals surface area contributed by atoms with E-state index in [4.69, 9.17) is 0 Å². The number of carbonyl (C=O) groups is 1. The largest absolute Gasteiger partial charge is 0.480 e. The highest BCUT2D eigenvalue weighted by atomic mass is 31.0. The number of hydrogen-bond acceptors (Lipinski definition) is 2. The van der Waals surface area contributed by atoms with Crippen molar-refractivity contribution in [2.75, 3.05) is 0 Å². The van der Waals surface area contributed by atoms with E-state index in [1.54, 1.807) is 0 Å². The summed E-state index contributed by atoms with van der Waals surface area (Å²) in [4.78, 5) is 10.1. The van der Waals surface area contributed by atoms with Gasteiger partial charge in [0.2, 0.25) is 0 Å². The van der Waals surface area contributed by atoms with Gasteiger partial charge >= 0.3 is 0 Å². The molecule has 0 saturated heterocycles. The molecule has 64 valence electrons. The van der Waals surface area contributed by atoms with E-state index in [9.17, 15) is 13.6 Å². The molecule has 0 aliphatic heterocycles. The summed E-state index contributed by atoms with van der Waals surface area (Å²) in [7, 11) is 1.85. The fourth-order valence-electron chi connectivity index (χ4n) is 0.742. The fourth-order valence-corrected chi connectivity index (χ4v) is 0.878. The van der Waals surface area contributed by atoms with Crippen LogP contribution in [-0.2, 0) is 0 Å². The lowest BCUT2D eigenvalue weighted by molar-refractivity contribution is 0.111. The highest BCUT2D eigenvalue weighted by Gasteiger charge is 2.09. The molecule has 0 aromatic heterocycles. The SMILES string of the molecule is O=Cc1c(F)cc(OP)cc1F. The van der Waals surface area contributed by atoms with E-state index in [1.165, 1.54) is 0 Å². The van der Waals surface area contributed by atoms with Gasteiger partial charge in [0.25, 0.3) is 0 Å². The standard InChI is InChI=1S/C7H5F2O2P/c8-6-1-4(11-12)2-7(9)5(6)3-10/h1-3H,12H2. The van der Waals surface area contributed by atoms with E-state index in [0.29, 0.717) is 0 Å². The van der Waals surface area contributed by atoms with Gasteiger partial charge in [0, 0.05) is 12.1 Å². The molecular formula is C7H5F2O2P. The average molecular weight is 190 g/mol. The Hall–Kier alpha value is -1.02. The van der Waals surface area contributed by atoms with Crippen LogP contribution in [0.25, 0.3) is 0 Å². The molecule has 0 aliphatic carbocycles. The summed E-state index contributed by atoms with van der Waals surface area (Å²) in [6, 6.07) is 1.86. The molecule has 0 N–H and O–H groups in total. The number of hydrogen-bond donors (Lipinski definition) is 0. The Morgan fingerprint density at radius 3 is 2.17 bits per heavy atom. The summed E-state index contributed by atoms with van der Waals surface area (Å²) in [6.07, 6.45) is 0.122. The molecule has 1 rings (SSSR count). The van der Waals surface area contributed by atoms with Gasteiger partial charge in [-0.1, -0.05) is 0 Å². The van der Waals surface area contributed by atoms with Gasteiger partial charge in [0.05, 0.1) is 15.0 Å². The molecule has 1 aromatic rings. The normalized spacial score (nSPS) is 9.58. The van der Waals surface area contributed by atoms with Gasteiger partial charge < -0.3 is 4.52 Å². The van der Waals surface area contributed by atoms with Crippen molar-refractivity contribution >= 4 is 15.8 Å². The summed E-state index contributed by atoms with van der Waals surface area (Å²) in [6.45, 7) is 0. The first-order valence-corrected chi connectivity index (χ1v) is 3.47. The van der Waals surface area contributed by atoms with Crippen LogP contribution in [0.5, 0.6) is 5.75 Å². The smallest absolute Gasteiger partial charge is 0.155 e. The molecule has 5 heteroatoms. The van der Waals surface area contributed by atoms with Crippen LogP contribution in [0.3, 0.4) is 0 Å². The first kappa shape index (κ1) is 9.07. The van der Waals surface area contributed by atoms with Crippen LogP contribution >= 0.6 is 9.47 Å². The molecule has 0 heterocycles. The monoisotopic (exact) mass is 190 g/mol. The lowest BCUT2D eigenvalue weighted by Crippen LogP contribution is -1.93. The zero-order chi connectivity index (χ0) is 9.14. The Labute approximate surface area is 69.8 Å². The van der Waals surface area contributed by atoms with Crippen LogP contribution < -0.4 is 4.52 Å². The maximum absolute atomic E-state index is 12.7. The van der Waals surface area contributed by atoms with Crippen molar-refractivity contribution in [1.29, 1.82) is 0 Å². The number of carbonyl (C=O) groups excluding carboxylic acids is 1. The molecule has 0 amide bonds. The summed E-state index contributed by atoms with van der Waals surface area (Å²) < 4.78 is 30.0. The highest BCUT2D eigenvalue weighted by Crippen LogP contribution is 2.20. The predicted octanol–water partition coefficient (Wildman–Crippen LogP) is 1.95. The Kier molecular flexibility index (Phi) is 2.71. The fraction of sp³-hybridized carbons (Fsp3) is 0. The van der Waals surface area contributed by atoms with E-state index in [-0.39, 0.29) is 12.0 Å². The quantitative estimate of drug-likeness (QED) is 0.526. The molecule has 0 radical (unpaired) electrons. The molecule has 12 heavy (non-hydrogen) atoms. The van der Waals surface area contributed by atoms with Gasteiger partial charge in [-0.2, -0.15) is 0 Å². The third-order valence-electron chi connectivity index (χ3n) is 1.31. The third-order valence-corrected chi connectivity index (χ3v) is 1.58. The maximum Gasteiger partial charge on any atom is 0.155 e. The van der Waals surface area contributed by atoms with E-state index >= 15 is 0 Å². The van der Waals surface area contributed by atoms with Crippen LogP contribution in [0.2, 0.25) is 0 Å². The van der Waals surface area contributed by atoms with Crippen LogP contribution in [0.1, 0.15) is 10.4 Å². The molecule has 1 unspecified atom stereocenters. The van der Waals surface area contributed by atoms with Crippen LogP contribution in [0, 0.1) is 11.6 Å². The molecular weight excluding hydrogens is 185 g/mol. The van der Waals surface area contributed by atoms with E-state index < -0.39 is 17.2 Å². The van der Waals surface area contributed by atoms with Gasteiger partial charge in [0.15, 0.2) is 6.29 Å². The minimum atomic E-state index is -0.928. The Morgan fingerprint density at radius 1 is 1.33 bits per heavy atom. The first-order valence-electron chi connectivity index (χ1n) is 3.00. The number of halogens is 2. The number of rotatable bonds is 2. The Morgan fingerprint density at radius 2 is 1.83 bits per heavy atom. The molecule has 0 fully saturated rings. The minimum Gasteiger partial charge on any atom is -0.480 e. The second kappa shape index (κ2) is 3.59. The molecule has 0 spiro atoms. The van der Waals surface area contributed by atoms with Crippen LogP contribution in [0.15, 0.2) is 12.1 Å². The average Bonchev–Trinajstić information content (AvgIpc) is 2.03. The van der Waals surface area contributed by atoms with Gasteiger partial charge in [0.1, 0.15) is 17.4 Å². The van der Waals surface area contributed by atoms with Crippen molar-refractivity contribution in [3.63, 3.8) is 0 Å². The van der Waals surface area contributed by atoms with Crippen molar-refractivity contribution in [2.45, 2.75) is 0 Å². The second-order valence-corrected chi connectivity index (χ2v) is 2.27. The minimum absolute atomic E-state index is 0.0144. The Balaban J connectivity index is 3.27. The maximum atomic E-state index is 12.7. The highest BCUT2D eigenvalue weighted by molar-refractivity contribution is 7.10. The van der Waals surface area contributed by atoms with Gasteiger partial charge in [-0.05, 0) is 0 Å². The van der Waals surface area contributed by atoms with E-state index in [1.807, 2.05) is 9.47 Å². The molecule has 1 aromatic carbocycles. The molecule has 0 bridgehead atoms. The summed E-state index contributed by atoms with van der Waals surface area (Å²) in [5, 5.41) is 0. The van der Waals surface area contributed by atoms with Crippen LogP contribution in [-0.4, -0.2) is 6.29 Å². The van der Waals surface area contributed by atoms with E-state index in [0.717, 1.165) is 12.1 Å². The summed E-state index contributed by atoms with van der Waals surface area (Å²) in [5.41, 5.74) is -0.583. The lowest BCUT2D eigenvalue weighted by atomic mass is 10.2. The Bertz CT molecular complexity index is 291. The van der Waals surface area contributed by atoms with Gasteiger partial charge in [-0.25, -0.2) is 8.78 Å². The lowest BCUT2D eigenvalue weighted by Gasteiger charge is -2.01. The predicted molar refractivity (Wildman–Crippen MR) is 42.1 cm³/mol. The molecule has 2 nitrogen and oxygen atoms in total. The van der Waals surface area contributed by atoms with Crippen molar-refractivity contribution in [1.82, 2.24) is 0 Å². The van der Waals surface area contributed by atoms with Crippen molar-refractivity contribution < 1.29 is 18.1 Å².